The quantitative estimate of drug-likeness (QED) is 0.780. The molecule has 2 aliphatic rings. The van der Waals surface area contributed by atoms with Crippen LogP contribution in [0.1, 0.15) is 35.2 Å². The van der Waals surface area contributed by atoms with Gasteiger partial charge >= 0.3 is 5.97 Å². The van der Waals surface area contributed by atoms with Crippen LogP contribution in [-0.2, 0) is 9.53 Å². The molecule has 1 saturated carbocycles. The molecule has 2 unspecified atom stereocenters. The minimum Gasteiger partial charge on any atom is -0.464 e. The van der Waals surface area contributed by atoms with Crippen molar-refractivity contribution in [2.45, 2.75) is 24.8 Å². The van der Waals surface area contributed by atoms with Gasteiger partial charge in [0.2, 0.25) is 0 Å². The fraction of sp³-hybridized carbons (Fsp3) is 0.429. The lowest BCUT2D eigenvalue weighted by Gasteiger charge is -2.32. The number of ether oxygens (including phenoxy) is 1. The Labute approximate surface area is 116 Å². The van der Waals surface area contributed by atoms with Crippen molar-refractivity contribution in [2.24, 2.45) is 0 Å². The van der Waals surface area contributed by atoms with E-state index >= 15 is 0 Å². The first-order valence-corrected chi connectivity index (χ1v) is 6.65. The number of fused-ring (bicyclic) bond motifs is 3. The maximum Gasteiger partial charge on any atom is 0.332 e. The summed E-state index contributed by atoms with van der Waals surface area (Å²) in [4.78, 5) is 26.0. The van der Waals surface area contributed by atoms with Gasteiger partial charge in [-0.15, -0.1) is 0 Å². The molecule has 0 spiro atoms. The van der Waals surface area contributed by atoms with Crippen LogP contribution in [0.4, 0.5) is 0 Å². The van der Waals surface area contributed by atoms with Gasteiger partial charge in [0.25, 0.3) is 5.91 Å². The fourth-order valence-corrected chi connectivity index (χ4v) is 3.17. The summed E-state index contributed by atoms with van der Waals surface area (Å²) in [5, 5.41) is 0.584. The molecule has 3 rings (SSSR count). The molecule has 5 heteroatoms. The van der Waals surface area contributed by atoms with Crippen LogP contribution in [0.25, 0.3) is 0 Å². The molecule has 0 saturated heterocycles. The molecule has 1 amide bonds. The summed E-state index contributed by atoms with van der Waals surface area (Å²) >= 11 is 5.99. The van der Waals surface area contributed by atoms with Gasteiger partial charge in [0.1, 0.15) is 5.54 Å². The van der Waals surface area contributed by atoms with Crippen molar-refractivity contribution in [2.75, 3.05) is 13.7 Å². The molecule has 19 heavy (non-hydrogen) atoms. The van der Waals surface area contributed by atoms with E-state index in [1.54, 1.807) is 32.2 Å². The Morgan fingerprint density at radius 1 is 1.58 bits per heavy atom. The van der Waals surface area contributed by atoms with Gasteiger partial charge in [0.05, 0.1) is 6.61 Å². The van der Waals surface area contributed by atoms with Crippen molar-refractivity contribution in [3.8, 4) is 0 Å². The Morgan fingerprint density at radius 3 is 3.00 bits per heavy atom. The number of carbonyl (C=O) groups is 2. The molecule has 1 fully saturated rings. The van der Waals surface area contributed by atoms with Gasteiger partial charge in [-0.25, -0.2) is 4.79 Å². The average Bonchev–Trinajstić information content (AvgIpc) is 3.13. The van der Waals surface area contributed by atoms with Crippen LogP contribution in [0.5, 0.6) is 0 Å². The maximum atomic E-state index is 12.4. The summed E-state index contributed by atoms with van der Waals surface area (Å²) in [6.45, 7) is 2.08. The summed E-state index contributed by atoms with van der Waals surface area (Å²) in [5.41, 5.74) is 0.683. The average molecular weight is 280 g/mol. The molecule has 1 aromatic rings. The molecule has 0 aromatic heterocycles. The van der Waals surface area contributed by atoms with Crippen LogP contribution >= 0.6 is 11.6 Å². The second kappa shape index (κ2) is 3.97. The molecule has 1 heterocycles. The number of hydrogen-bond acceptors (Lipinski definition) is 3. The lowest BCUT2D eigenvalue weighted by atomic mass is 9.94. The topological polar surface area (TPSA) is 46.6 Å². The summed E-state index contributed by atoms with van der Waals surface area (Å²) < 4.78 is 5.12. The third-order valence-corrected chi connectivity index (χ3v) is 4.32. The summed E-state index contributed by atoms with van der Waals surface area (Å²) in [5.74, 6) is -0.460. The molecule has 2 atom stereocenters. The van der Waals surface area contributed by atoms with E-state index in [0.717, 1.165) is 5.56 Å². The van der Waals surface area contributed by atoms with E-state index in [4.69, 9.17) is 16.3 Å². The molecule has 100 valence electrons. The predicted octanol–water partition coefficient (Wildman–Crippen LogP) is 2.21. The van der Waals surface area contributed by atoms with Crippen LogP contribution in [0, 0.1) is 0 Å². The van der Waals surface area contributed by atoms with Gasteiger partial charge in [0.15, 0.2) is 0 Å². The number of hydrogen-bond donors (Lipinski definition) is 0. The normalized spacial score (nSPS) is 27.6. The highest BCUT2D eigenvalue weighted by atomic mass is 35.5. The van der Waals surface area contributed by atoms with Crippen molar-refractivity contribution in [1.29, 1.82) is 0 Å². The van der Waals surface area contributed by atoms with Gasteiger partial charge in [-0.05, 0) is 37.1 Å². The Kier molecular flexibility index (Phi) is 2.61. The van der Waals surface area contributed by atoms with Gasteiger partial charge in [0, 0.05) is 23.6 Å². The first-order valence-electron chi connectivity index (χ1n) is 6.27. The molecular formula is C14H14ClNO3. The van der Waals surface area contributed by atoms with Gasteiger partial charge in [-0.3, -0.25) is 4.79 Å². The van der Waals surface area contributed by atoms with E-state index in [2.05, 4.69) is 0 Å². The molecular weight excluding hydrogens is 266 g/mol. The molecule has 0 radical (unpaired) electrons. The van der Waals surface area contributed by atoms with Gasteiger partial charge in [-0.1, -0.05) is 11.6 Å². The van der Waals surface area contributed by atoms with Crippen LogP contribution in [0.3, 0.4) is 0 Å². The summed E-state index contributed by atoms with van der Waals surface area (Å²) in [6, 6.07) is 5.21. The second-order valence-corrected chi connectivity index (χ2v) is 5.43. The van der Waals surface area contributed by atoms with Gasteiger partial charge < -0.3 is 9.64 Å². The lowest BCUT2D eigenvalue weighted by Crippen LogP contribution is -2.49. The highest BCUT2D eigenvalue weighted by Crippen LogP contribution is 2.59. The molecule has 1 aliphatic carbocycles. The number of likely N-dealkylation sites (N-methyl/N-ethyl adjacent to an activating group) is 1. The van der Waals surface area contributed by atoms with E-state index < -0.39 is 5.54 Å². The summed E-state index contributed by atoms with van der Waals surface area (Å²) in [6.07, 6.45) is 0.613. The first-order chi connectivity index (χ1) is 9.02. The smallest absolute Gasteiger partial charge is 0.332 e. The fourth-order valence-electron chi connectivity index (χ4n) is 2.99. The second-order valence-electron chi connectivity index (χ2n) is 5.00. The predicted molar refractivity (Wildman–Crippen MR) is 70.3 cm³/mol. The van der Waals surface area contributed by atoms with Gasteiger partial charge in [-0.2, -0.15) is 0 Å². The highest BCUT2D eigenvalue weighted by Gasteiger charge is 2.68. The molecule has 1 aliphatic heterocycles. The highest BCUT2D eigenvalue weighted by molar-refractivity contribution is 6.30. The lowest BCUT2D eigenvalue weighted by molar-refractivity contribution is -0.150. The third kappa shape index (κ3) is 1.53. The monoisotopic (exact) mass is 279 g/mol. The Hall–Kier alpha value is -1.55. The van der Waals surface area contributed by atoms with Crippen molar-refractivity contribution < 1.29 is 14.3 Å². The third-order valence-electron chi connectivity index (χ3n) is 4.08. The number of halogens is 1. The number of esters is 1. The zero-order valence-electron chi connectivity index (χ0n) is 10.8. The van der Waals surface area contributed by atoms with E-state index in [1.807, 2.05) is 0 Å². The van der Waals surface area contributed by atoms with Crippen LogP contribution in [0.2, 0.25) is 5.02 Å². The van der Waals surface area contributed by atoms with Crippen molar-refractivity contribution in [3.63, 3.8) is 0 Å². The SMILES string of the molecule is CCOC(=O)C12CC1c1cc(Cl)ccc1C(=O)N2C. The van der Waals surface area contributed by atoms with E-state index in [1.165, 1.54) is 4.90 Å². The van der Waals surface area contributed by atoms with Crippen molar-refractivity contribution in [1.82, 2.24) is 4.90 Å². The van der Waals surface area contributed by atoms with Crippen LogP contribution in [-0.4, -0.2) is 36.0 Å². The number of benzene rings is 1. The number of amides is 1. The number of rotatable bonds is 2. The van der Waals surface area contributed by atoms with E-state index in [-0.39, 0.29) is 17.8 Å². The Bertz CT molecular complexity index is 586. The molecule has 0 N–H and O–H groups in total. The van der Waals surface area contributed by atoms with Crippen molar-refractivity contribution >= 4 is 23.5 Å². The van der Waals surface area contributed by atoms with Crippen LogP contribution in [0.15, 0.2) is 18.2 Å². The van der Waals surface area contributed by atoms with E-state index in [0.29, 0.717) is 23.6 Å². The Morgan fingerprint density at radius 2 is 2.32 bits per heavy atom. The zero-order chi connectivity index (χ0) is 13.8. The standard InChI is InChI=1S/C14H14ClNO3/c1-3-19-13(18)14-7-11(14)10-6-8(15)4-5-9(10)12(17)16(14)2/h4-6,11H,3,7H2,1-2H3. The number of nitrogens with zero attached hydrogens (tertiary/aromatic N) is 1. The minimum atomic E-state index is -0.815. The van der Waals surface area contributed by atoms with E-state index in [9.17, 15) is 9.59 Å². The van der Waals surface area contributed by atoms with Crippen LogP contribution < -0.4 is 0 Å². The first kappa shape index (κ1) is 12.5. The Balaban J connectivity index is 2.07. The maximum absolute atomic E-state index is 12.4. The molecule has 1 aromatic carbocycles. The minimum absolute atomic E-state index is 0.00273. The number of carbonyl (C=O) groups excluding carboxylic acids is 2. The largest absolute Gasteiger partial charge is 0.464 e. The van der Waals surface area contributed by atoms with Crippen molar-refractivity contribution in [3.05, 3.63) is 34.3 Å². The zero-order valence-corrected chi connectivity index (χ0v) is 11.5. The molecule has 0 bridgehead atoms. The molecule has 4 nitrogen and oxygen atoms in total. The summed E-state index contributed by atoms with van der Waals surface area (Å²) in [7, 11) is 1.66.